The molecule has 2 aromatic rings. The van der Waals surface area contributed by atoms with Gasteiger partial charge in [0.1, 0.15) is 5.82 Å². The number of halogens is 1. The first kappa shape index (κ1) is 21.4. The van der Waals surface area contributed by atoms with Crippen molar-refractivity contribution in [2.75, 3.05) is 31.1 Å². The molecule has 0 bridgehead atoms. The Morgan fingerprint density at radius 1 is 1.26 bits per heavy atom. The third-order valence-corrected chi connectivity index (χ3v) is 6.48. The van der Waals surface area contributed by atoms with Crippen LogP contribution in [-0.2, 0) is 0 Å². The third kappa shape index (κ3) is 4.61. The Morgan fingerprint density at radius 3 is 2.71 bits per heavy atom. The second-order valence-corrected chi connectivity index (χ2v) is 8.70. The Morgan fingerprint density at radius 2 is 2.03 bits per heavy atom. The molecule has 0 saturated heterocycles. The summed E-state index contributed by atoms with van der Waals surface area (Å²) in [4.78, 5) is 28.2. The summed E-state index contributed by atoms with van der Waals surface area (Å²) in [5.41, 5.74) is 2.26. The number of rotatable bonds is 8. The van der Waals surface area contributed by atoms with Crippen molar-refractivity contribution in [1.29, 1.82) is 0 Å². The number of amides is 1. The molecule has 6 nitrogen and oxygen atoms in total. The van der Waals surface area contributed by atoms with Crippen LogP contribution in [0.25, 0.3) is 0 Å². The second kappa shape index (κ2) is 8.75. The lowest BCUT2D eigenvalue weighted by Crippen LogP contribution is -2.31. The lowest BCUT2D eigenvalue weighted by Gasteiger charge is -2.22. The Labute approximate surface area is 181 Å². The minimum Gasteiger partial charge on any atom is -0.307 e. The highest BCUT2D eigenvalue weighted by atomic mass is 19.1. The highest BCUT2D eigenvalue weighted by molar-refractivity contribution is 6.08. The van der Waals surface area contributed by atoms with E-state index in [0.717, 1.165) is 37.5 Å². The van der Waals surface area contributed by atoms with E-state index in [0.29, 0.717) is 17.8 Å². The summed E-state index contributed by atoms with van der Waals surface area (Å²) < 4.78 is 14.0. The predicted octanol–water partition coefficient (Wildman–Crippen LogP) is 4.91. The van der Waals surface area contributed by atoms with Crippen LogP contribution in [0.2, 0.25) is 0 Å². The molecule has 1 aliphatic carbocycles. The molecular weight excluding hydrogens is 397 g/mol. The SMILES string of the molecule is CCN(CCC1CN(C(=O)c2ccc(C)c([N+](=O)[O-])c2)c2ccc(F)cc21)CC1CC1. The summed E-state index contributed by atoms with van der Waals surface area (Å²) in [6.07, 6.45) is 3.45. The van der Waals surface area contributed by atoms with Crippen LogP contribution < -0.4 is 4.90 Å². The molecule has 31 heavy (non-hydrogen) atoms. The van der Waals surface area contributed by atoms with Crippen molar-refractivity contribution < 1.29 is 14.1 Å². The Balaban J connectivity index is 1.56. The molecule has 1 unspecified atom stereocenters. The van der Waals surface area contributed by atoms with E-state index < -0.39 is 4.92 Å². The fourth-order valence-corrected chi connectivity index (χ4v) is 4.43. The van der Waals surface area contributed by atoms with E-state index in [1.54, 1.807) is 30.0 Å². The van der Waals surface area contributed by atoms with E-state index in [9.17, 15) is 19.3 Å². The molecular formula is C24H28FN3O3. The van der Waals surface area contributed by atoms with Gasteiger partial charge >= 0.3 is 0 Å². The molecule has 1 heterocycles. The van der Waals surface area contributed by atoms with E-state index in [4.69, 9.17) is 0 Å². The van der Waals surface area contributed by atoms with E-state index >= 15 is 0 Å². The Bertz CT molecular complexity index is 1010. The fraction of sp³-hybridized carbons (Fsp3) is 0.458. The largest absolute Gasteiger partial charge is 0.307 e. The predicted molar refractivity (Wildman–Crippen MR) is 118 cm³/mol. The first-order valence-corrected chi connectivity index (χ1v) is 11.0. The van der Waals surface area contributed by atoms with Gasteiger partial charge in [-0.3, -0.25) is 14.9 Å². The van der Waals surface area contributed by atoms with Crippen LogP contribution >= 0.6 is 0 Å². The number of fused-ring (bicyclic) bond motifs is 1. The van der Waals surface area contributed by atoms with Crippen molar-refractivity contribution in [1.82, 2.24) is 4.90 Å². The normalized spacial score (nSPS) is 17.8. The average Bonchev–Trinajstić information content (AvgIpc) is 3.50. The maximum absolute atomic E-state index is 14.0. The molecule has 0 radical (unpaired) electrons. The van der Waals surface area contributed by atoms with Gasteiger partial charge in [-0.05, 0) is 75.0 Å². The van der Waals surface area contributed by atoms with Gasteiger partial charge in [-0.15, -0.1) is 0 Å². The summed E-state index contributed by atoms with van der Waals surface area (Å²) in [5.74, 6) is 0.255. The van der Waals surface area contributed by atoms with Crippen LogP contribution in [0.1, 0.15) is 53.6 Å². The number of carbonyl (C=O) groups is 1. The van der Waals surface area contributed by atoms with Crippen molar-refractivity contribution in [3.8, 4) is 0 Å². The van der Waals surface area contributed by atoms with E-state index in [-0.39, 0.29) is 28.9 Å². The van der Waals surface area contributed by atoms with Crippen LogP contribution in [-0.4, -0.2) is 41.9 Å². The average molecular weight is 426 g/mol. The maximum atomic E-state index is 14.0. The molecule has 7 heteroatoms. The Kier molecular flexibility index (Phi) is 6.05. The van der Waals surface area contributed by atoms with E-state index in [1.807, 2.05) is 0 Å². The molecule has 1 aliphatic heterocycles. The van der Waals surface area contributed by atoms with Gasteiger partial charge in [-0.25, -0.2) is 4.39 Å². The lowest BCUT2D eigenvalue weighted by atomic mass is 9.97. The minimum absolute atomic E-state index is 0.0448. The molecule has 1 amide bonds. The number of aryl methyl sites for hydroxylation is 1. The van der Waals surface area contributed by atoms with Gasteiger partial charge < -0.3 is 9.80 Å². The molecule has 164 valence electrons. The number of nitrogens with zero attached hydrogens (tertiary/aromatic N) is 3. The summed E-state index contributed by atoms with van der Waals surface area (Å²) >= 11 is 0. The molecule has 4 rings (SSSR count). The summed E-state index contributed by atoms with van der Waals surface area (Å²) in [6, 6.07) is 9.10. The standard InChI is InChI=1S/C24H28FN3O3/c1-3-26(14-17-5-6-17)11-10-19-15-27(22-9-8-20(25)13-21(19)22)24(29)18-7-4-16(2)23(12-18)28(30)31/h4,7-9,12-13,17,19H,3,5-6,10-11,14-15H2,1-2H3. The van der Waals surface area contributed by atoms with Crippen LogP contribution in [0.15, 0.2) is 36.4 Å². The zero-order chi connectivity index (χ0) is 22.1. The van der Waals surface area contributed by atoms with Crippen molar-refractivity contribution in [2.45, 2.75) is 39.0 Å². The zero-order valence-corrected chi connectivity index (χ0v) is 18.0. The van der Waals surface area contributed by atoms with Crippen LogP contribution in [0.4, 0.5) is 15.8 Å². The van der Waals surface area contributed by atoms with Gasteiger partial charge in [0.25, 0.3) is 11.6 Å². The van der Waals surface area contributed by atoms with E-state index in [2.05, 4.69) is 11.8 Å². The molecule has 1 atom stereocenters. The number of anilines is 1. The van der Waals surface area contributed by atoms with Crippen molar-refractivity contribution >= 4 is 17.3 Å². The first-order valence-electron chi connectivity index (χ1n) is 11.0. The van der Waals surface area contributed by atoms with Gasteiger partial charge in [0.05, 0.1) is 4.92 Å². The Hall–Kier alpha value is -2.80. The van der Waals surface area contributed by atoms with Crippen molar-refractivity contribution in [3.05, 3.63) is 69.0 Å². The van der Waals surface area contributed by atoms with E-state index in [1.165, 1.54) is 31.0 Å². The monoisotopic (exact) mass is 425 g/mol. The number of hydrogen-bond acceptors (Lipinski definition) is 4. The van der Waals surface area contributed by atoms with Crippen molar-refractivity contribution in [2.24, 2.45) is 5.92 Å². The quantitative estimate of drug-likeness (QED) is 0.445. The summed E-state index contributed by atoms with van der Waals surface area (Å²) in [5, 5.41) is 11.3. The second-order valence-electron chi connectivity index (χ2n) is 8.70. The summed E-state index contributed by atoms with van der Waals surface area (Å²) in [6.45, 7) is 7.26. The zero-order valence-electron chi connectivity index (χ0n) is 18.0. The van der Waals surface area contributed by atoms with Crippen LogP contribution in [0.3, 0.4) is 0 Å². The summed E-state index contributed by atoms with van der Waals surface area (Å²) in [7, 11) is 0. The number of carbonyl (C=O) groups excluding carboxylic acids is 1. The minimum atomic E-state index is -0.471. The van der Waals surface area contributed by atoms with Gasteiger partial charge in [0.15, 0.2) is 0 Å². The van der Waals surface area contributed by atoms with Crippen molar-refractivity contribution in [3.63, 3.8) is 0 Å². The van der Waals surface area contributed by atoms with Gasteiger partial charge in [0.2, 0.25) is 0 Å². The smallest absolute Gasteiger partial charge is 0.273 e. The number of nitro groups is 1. The lowest BCUT2D eigenvalue weighted by molar-refractivity contribution is -0.385. The van der Waals surface area contributed by atoms with Crippen LogP contribution in [0, 0.1) is 28.8 Å². The molecule has 0 N–H and O–H groups in total. The maximum Gasteiger partial charge on any atom is 0.273 e. The molecule has 0 aromatic heterocycles. The molecule has 2 aromatic carbocycles. The number of benzene rings is 2. The highest BCUT2D eigenvalue weighted by Gasteiger charge is 2.34. The molecule has 1 fully saturated rings. The molecule has 2 aliphatic rings. The molecule has 0 spiro atoms. The highest BCUT2D eigenvalue weighted by Crippen LogP contribution is 2.40. The van der Waals surface area contributed by atoms with Gasteiger partial charge in [0, 0.05) is 41.9 Å². The van der Waals surface area contributed by atoms with Crippen LogP contribution in [0.5, 0.6) is 0 Å². The van der Waals surface area contributed by atoms with Gasteiger partial charge in [-0.1, -0.05) is 13.0 Å². The first-order chi connectivity index (χ1) is 14.9. The number of nitro benzene ring substituents is 1. The topological polar surface area (TPSA) is 66.7 Å². The molecule has 1 saturated carbocycles. The number of hydrogen-bond donors (Lipinski definition) is 0. The third-order valence-electron chi connectivity index (χ3n) is 6.48. The van der Waals surface area contributed by atoms with Gasteiger partial charge in [-0.2, -0.15) is 0 Å². The fourth-order valence-electron chi connectivity index (χ4n) is 4.43.